The van der Waals surface area contributed by atoms with Crippen molar-refractivity contribution in [2.24, 2.45) is 0 Å². The van der Waals surface area contributed by atoms with Crippen molar-refractivity contribution in [1.29, 1.82) is 0 Å². The maximum Gasteiger partial charge on any atom is 0.569 e. The summed E-state index contributed by atoms with van der Waals surface area (Å²) in [4.78, 5) is 0. The smallest absolute Gasteiger partial charge is 0.537 e. The molecule has 0 aromatic heterocycles. The molecule has 91 valence electrons. The lowest BCUT2D eigenvalue weighted by atomic mass is 9.98. The fourth-order valence-corrected chi connectivity index (χ4v) is 2.31. The van der Waals surface area contributed by atoms with Gasteiger partial charge in [0.2, 0.25) is 0 Å². The third kappa shape index (κ3) is 2.20. The van der Waals surface area contributed by atoms with E-state index < -0.39 is 0 Å². The van der Waals surface area contributed by atoms with Crippen LogP contribution in [0.25, 0.3) is 21.9 Å². The van der Waals surface area contributed by atoms with Crippen LogP contribution < -0.4 is 4.65 Å². The molecule has 2 nitrogen and oxygen atoms in total. The van der Waals surface area contributed by atoms with Gasteiger partial charge in [-0.2, -0.15) is 0 Å². The first-order chi connectivity index (χ1) is 9.40. The highest BCUT2D eigenvalue weighted by molar-refractivity contribution is 6.18. The van der Waals surface area contributed by atoms with E-state index in [0.29, 0.717) is 13.4 Å². The summed E-state index contributed by atoms with van der Waals surface area (Å²) in [5.41, 5.74) is 2.32. The molecule has 19 heavy (non-hydrogen) atoms. The summed E-state index contributed by atoms with van der Waals surface area (Å²) < 4.78 is 5.14. The molecule has 1 N–H and O–H groups in total. The summed E-state index contributed by atoms with van der Waals surface area (Å²) in [5, 5.41) is 10.9. The molecule has 0 amide bonds. The lowest BCUT2D eigenvalue weighted by Gasteiger charge is -2.10. The van der Waals surface area contributed by atoms with E-state index in [0.717, 1.165) is 16.3 Å². The molecule has 3 aromatic carbocycles. The average molecular weight is 247 g/mol. The minimum Gasteiger partial charge on any atom is -0.537 e. The normalized spacial score (nSPS) is 10.4. The van der Waals surface area contributed by atoms with E-state index in [1.807, 2.05) is 42.5 Å². The van der Waals surface area contributed by atoms with Crippen molar-refractivity contribution in [2.75, 3.05) is 0 Å². The molecule has 0 heterocycles. The number of benzene rings is 3. The fourth-order valence-electron chi connectivity index (χ4n) is 2.31. The maximum absolute atomic E-state index is 8.82. The van der Waals surface area contributed by atoms with E-state index in [1.165, 1.54) is 5.56 Å². The summed E-state index contributed by atoms with van der Waals surface area (Å²) in [6.45, 7) is 0. The van der Waals surface area contributed by atoms with Gasteiger partial charge in [-0.1, -0.05) is 60.7 Å². The van der Waals surface area contributed by atoms with Gasteiger partial charge in [0.1, 0.15) is 5.75 Å². The van der Waals surface area contributed by atoms with Crippen LogP contribution >= 0.6 is 0 Å². The lowest BCUT2D eigenvalue weighted by molar-refractivity contribution is 0.457. The van der Waals surface area contributed by atoms with Crippen LogP contribution in [0.2, 0.25) is 0 Å². The van der Waals surface area contributed by atoms with Crippen molar-refractivity contribution in [3.05, 3.63) is 66.7 Å². The third-order valence-electron chi connectivity index (χ3n) is 3.15. The van der Waals surface area contributed by atoms with E-state index in [9.17, 15) is 0 Å². The quantitative estimate of drug-likeness (QED) is 0.718. The second-order valence-corrected chi connectivity index (χ2v) is 4.25. The Labute approximate surface area is 112 Å². The van der Waals surface area contributed by atoms with E-state index in [1.54, 1.807) is 0 Å². The standard InChI is InChI=1S/C16H12BO2/c18-17-19-16-11-5-9-14-13(8-4-10-15(14)16)12-6-2-1-3-7-12/h1-11,18H. The highest BCUT2D eigenvalue weighted by atomic mass is 16.5. The molecule has 1 radical (unpaired) electrons. The number of rotatable bonds is 3. The molecule has 0 aliphatic rings. The zero-order valence-corrected chi connectivity index (χ0v) is 10.3. The largest absolute Gasteiger partial charge is 0.569 e. The Morgan fingerprint density at radius 2 is 1.47 bits per heavy atom. The summed E-state index contributed by atoms with van der Waals surface area (Å²) in [6.07, 6.45) is 0. The van der Waals surface area contributed by atoms with Crippen LogP contribution in [-0.4, -0.2) is 12.7 Å². The van der Waals surface area contributed by atoms with Gasteiger partial charge < -0.3 is 9.68 Å². The van der Waals surface area contributed by atoms with Crippen molar-refractivity contribution in [1.82, 2.24) is 0 Å². The van der Waals surface area contributed by atoms with Crippen LogP contribution in [0.15, 0.2) is 66.7 Å². The molecule has 0 saturated carbocycles. The first-order valence-corrected chi connectivity index (χ1v) is 6.10. The molecule has 0 aliphatic carbocycles. The van der Waals surface area contributed by atoms with Crippen LogP contribution in [0.4, 0.5) is 0 Å². The summed E-state index contributed by atoms with van der Waals surface area (Å²) in [7, 11) is 0.712. The molecule has 3 heteroatoms. The predicted octanol–water partition coefficient (Wildman–Crippen LogP) is 3.41. The van der Waals surface area contributed by atoms with Crippen molar-refractivity contribution in [3.63, 3.8) is 0 Å². The fraction of sp³-hybridized carbons (Fsp3) is 0. The van der Waals surface area contributed by atoms with Gasteiger partial charge in [-0.05, 0) is 22.6 Å². The summed E-state index contributed by atoms with van der Waals surface area (Å²) >= 11 is 0. The van der Waals surface area contributed by atoms with Crippen LogP contribution in [0.3, 0.4) is 0 Å². The predicted molar refractivity (Wildman–Crippen MR) is 78.0 cm³/mol. The number of hydrogen-bond acceptors (Lipinski definition) is 2. The van der Waals surface area contributed by atoms with Gasteiger partial charge in [-0.3, -0.25) is 0 Å². The Bertz CT molecular complexity index is 695. The molecular formula is C16H12BO2. The molecule has 0 spiro atoms. The molecule has 0 aliphatic heterocycles. The topological polar surface area (TPSA) is 29.5 Å². The Morgan fingerprint density at radius 1 is 0.737 bits per heavy atom. The van der Waals surface area contributed by atoms with E-state index in [2.05, 4.69) is 24.3 Å². The Balaban J connectivity index is 2.25. The number of hydrogen-bond donors (Lipinski definition) is 1. The Hall–Kier alpha value is -2.26. The highest BCUT2D eigenvalue weighted by Gasteiger charge is 2.07. The maximum atomic E-state index is 8.82. The van der Waals surface area contributed by atoms with Gasteiger partial charge >= 0.3 is 7.69 Å². The van der Waals surface area contributed by atoms with Crippen LogP contribution in [0.1, 0.15) is 0 Å². The Morgan fingerprint density at radius 3 is 2.26 bits per heavy atom. The second-order valence-electron chi connectivity index (χ2n) is 4.25. The third-order valence-corrected chi connectivity index (χ3v) is 3.15. The van der Waals surface area contributed by atoms with Crippen LogP contribution in [-0.2, 0) is 0 Å². The molecule has 3 rings (SSSR count). The van der Waals surface area contributed by atoms with E-state index in [4.69, 9.17) is 9.68 Å². The zero-order chi connectivity index (χ0) is 13.1. The van der Waals surface area contributed by atoms with Gasteiger partial charge in [0.25, 0.3) is 0 Å². The van der Waals surface area contributed by atoms with Gasteiger partial charge in [0.05, 0.1) is 0 Å². The molecule has 0 unspecified atom stereocenters. The van der Waals surface area contributed by atoms with Crippen molar-refractivity contribution < 1.29 is 9.68 Å². The van der Waals surface area contributed by atoms with Gasteiger partial charge in [-0.15, -0.1) is 0 Å². The Kier molecular flexibility index (Phi) is 3.21. The molecule has 0 atom stereocenters. The van der Waals surface area contributed by atoms with Crippen LogP contribution in [0.5, 0.6) is 5.75 Å². The average Bonchev–Trinajstić information content (AvgIpc) is 2.48. The first kappa shape index (κ1) is 11.8. The molecular weight excluding hydrogens is 235 g/mol. The van der Waals surface area contributed by atoms with E-state index in [-0.39, 0.29) is 0 Å². The van der Waals surface area contributed by atoms with Crippen LogP contribution in [0, 0.1) is 0 Å². The molecule has 0 bridgehead atoms. The van der Waals surface area contributed by atoms with Crippen molar-refractivity contribution in [2.45, 2.75) is 0 Å². The first-order valence-electron chi connectivity index (χ1n) is 6.10. The molecule has 0 saturated heterocycles. The van der Waals surface area contributed by atoms with Gasteiger partial charge in [-0.25, -0.2) is 0 Å². The van der Waals surface area contributed by atoms with Crippen molar-refractivity contribution in [3.8, 4) is 16.9 Å². The zero-order valence-electron chi connectivity index (χ0n) is 10.3. The minimum absolute atomic E-state index is 0.651. The lowest BCUT2D eigenvalue weighted by Crippen LogP contribution is -2.00. The van der Waals surface area contributed by atoms with Gasteiger partial charge in [0, 0.05) is 5.39 Å². The second kappa shape index (κ2) is 5.16. The highest BCUT2D eigenvalue weighted by Crippen LogP contribution is 2.33. The summed E-state index contributed by atoms with van der Waals surface area (Å²) in [5.74, 6) is 0.651. The summed E-state index contributed by atoms with van der Waals surface area (Å²) in [6, 6.07) is 22.1. The minimum atomic E-state index is 0.651. The van der Waals surface area contributed by atoms with Gasteiger partial charge in [0.15, 0.2) is 0 Å². The monoisotopic (exact) mass is 247 g/mol. The molecule has 3 aromatic rings. The number of fused-ring (bicyclic) bond motifs is 1. The SMILES string of the molecule is O[B]Oc1cccc2c(-c3ccccc3)cccc12. The van der Waals surface area contributed by atoms with E-state index >= 15 is 0 Å². The molecule has 0 fully saturated rings. The van der Waals surface area contributed by atoms with Crippen molar-refractivity contribution >= 4 is 18.5 Å².